The Morgan fingerprint density at radius 1 is 1.07 bits per heavy atom. The quantitative estimate of drug-likeness (QED) is 0.826. The van der Waals surface area contributed by atoms with Crippen LogP contribution in [0, 0.1) is 5.92 Å². The second-order valence-corrected chi connectivity index (χ2v) is 7.24. The van der Waals surface area contributed by atoms with Gasteiger partial charge < -0.3 is 15.5 Å². The van der Waals surface area contributed by atoms with Crippen molar-refractivity contribution in [2.75, 3.05) is 23.3 Å². The molecule has 1 aromatic heterocycles. The molecule has 1 aliphatic carbocycles. The van der Waals surface area contributed by atoms with Crippen molar-refractivity contribution in [2.24, 2.45) is 5.92 Å². The molecule has 1 aliphatic heterocycles. The van der Waals surface area contributed by atoms with Gasteiger partial charge in [-0.15, -0.1) is 0 Å². The smallest absolute Gasteiger partial charge is 0.251 e. The fraction of sp³-hybridized carbons (Fsp3) is 0.381. The van der Waals surface area contributed by atoms with Crippen LogP contribution in [0.5, 0.6) is 0 Å². The number of pyridine rings is 1. The van der Waals surface area contributed by atoms with Gasteiger partial charge in [-0.3, -0.25) is 9.59 Å². The van der Waals surface area contributed by atoms with Crippen LogP contribution in [-0.4, -0.2) is 29.9 Å². The molecule has 4 rings (SSSR count). The van der Waals surface area contributed by atoms with Crippen molar-refractivity contribution >= 4 is 23.3 Å². The molecule has 0 radical (unpaired) electrons. The average molecular weight is 364 g/mol. The third-order valence-electron chi connectivity index (χ3n) is 5.06. The van der Waals surface area contributed by atoms with Crippen molar-refractivity contribution in [1.29, 1.82) is 0 Å². The second-order valence-electron chi connectivity index (χ2n) is 7.24. The van der Waals surface area contributed by atoms with E-state index in [1.165, 1.54) is 12.8 Å². The van der Waals surface area contributed by atoms with Gasteiger partial charge in [0, 0.05) is 43.0 Å². The molecule has 0 bridgehead atoms. The molecule has 2 fully saturated rings. The first kappa shape index (κ1) is 17.5. The van der Waals surface area contributed by atoms with E-state index < -0.39 is 0 Å². The zero-order valence-electron chi connectivity index (χ0n) is 15.3. The molecule has 1 saturated carbocycles. The fourth-order valence-electron chi connectivity index (χ4n) is 3.27. The van der Waals surface area contributed by atoms with Crippen LogP contribution in [0.1, 0.15) is 41.6 Å². The first-order valence-corrected chi connectivity index (χ1v) is 9.58. The summed E-state index contributed by atoms with van der Waals surface area (Å²) in [6.45, 7) is 2.56. The van der Waals surface area contributed by atoms with Crippen molar-refractivity contribution in [3.05, 3.63) is 53.7 Å². The monoisotopic (exact) mass is 364 g/mol. The standard InChI is InChI=1S/C21H24N4O2/c26-20(16-5-7-18(8-6-16)24-21(27)17-3-4-17)23-14-15-9-10-22-19(13-15)25-11-1-2-12-25/h5-10,13,17H,1-4,11-12,14H2,(H,23,26)(H,24,27). The molecule has 1 aromatic carbocycles. The number of anilines is 2. The van der Waals surface area contributed by atoms with Crippen molar-refractivity contribution in [2.45, 2.75) is 32.2 Å². The minimum absolute atomic E-state index is 0.0682. The number of hydrogen-bond donors (Lipinski definition) is 2. The minimum Gasteiger partial charge on any atom is -0.357 e. The number of carbonyl (C=O) groups excluding carboxylic acids is 2. The maximum Gasteiger partial charge on any atom is 0.251 e. The van der Waals surface area contributed by atoms with Crippen molar-refractivity contribution < 1.29 is 9.59 Å². The van der Waals surface area contributed by atoms with Crippen LogP contribution in [0.15, 0.2) is 42.6 Å². The van der Waals surface area contributed by atoms with E-state index in [9.17, 15) is 9.59 Å². The molecule has 2 aliphatic rings. The van der Waals surface area contributed by atoms with Gasteiger partial charge in [-0.05, 0) is 67.6 Å². The summed E-state index contributed by atoms with van der Waals surface area (Å²) in [6, 6.07) is 11.0. The number of carbonyl (C=O) groups is 2. The molecule has 2 aromatic rings. The lowest BCUT2D eigenvalue weighted by atomic mass is 10.2. The van der Waals surface area contributed by atoms with Crippen LogP contribution in [0.3, 0.4) is 0 Å². The van der Waals surface area contributed by atoms with Gasteiger partial charge in [0.1, 0.15) is 5.82 Å². The molecular formula is C21H24N4O2. The molecule has 27 heavy (non-hydrogen) atoms. The highest BCUT2D eigenvalue weighted by molar-refractivity contribution is 5.96. The molecule has 2 heterocycles. The summed E-state index contributed by atoms with van der Waals surface area (Å²) in [5.41, 5.74) is 2.34. The van der Waals surface area contributed by atoms with E-state index >= 15 is 0 Å². The zero-order chi connectivity index (χ0) is 18.6. The van der Waals surface area contributed by atoms with Crippen molar-refractivity contribution in [3.8, 4) is 0 Å². The molecule has 2 N–H and O–H groups in total. The zero-order valence-corrected chi connectivity index (χ0v) is 15.3. The van der Waals surface area contributed by atoms with Gasteiger partial charge in [0.2, 0.25) is 5.91 Å². The topological polar surface area (TPSA) is 74.3 Å². The summed E-state index contributed by atoms with van der Waals surface area (Å²) < 4.78 is 0. The van der Waals surface area contributed by atoms with Gasteiger partial charge in [0.15, 0.2) is 0 Å². The van der Waals surface area contributed by atoms with Gasteiger partial charge in [-0.2, -0.15) is 0 Å². The first-order valence-electron chi connectivity index (χ1n) is 9.58. The molecule has 1 saturated heterocycles. The summed E-state index contributed by atoms with van der Waals surface area (Å²) in [6.07, 6.45) is 6.16. The SMILES string of the molecule is O=C(NCc1ccnc(N2CCCC2)c1)c1ccc(NC(=O)C2CC2)cc1. The van der Waals surface area contributed by atoms with E-state index in [1.54, 1.807) is 30.5 Å². The molecule has 0 atom stereocenters. The Balaban J connectivity index is 1.32. The van der Waals surface area contributed by atoms with E-state index in [4.69, 9.17) is 0 Å². The largest absolute Gasteiger partial charge is 0.357 e. The lowest BCUT2D eigenvalue weighted by Gasteiger charge is -2.17. The van der Waals surface area contributed by atoms with Crippen LogP contribution < -0.4 is 15.5 Å². The van der Waals surface area contributed by atoms with Gasteiger partial charge >= 0.3 is 0 Å². The Bertz CT molecular complexity index is 824. The Morgan fingerprint density at radius 3 is 2.52 bits per heavy atom. The molecule has 6 heteroatoms. The van der Waals surface area contributed by atoms with Gasteiger partial charge in [-0.1, -0.05) is 0 Å². The molecule has 0 spiro atoms. The molecule has 0 unspecified atom stereocenters. The summed E-state index contributed by atoms with van der Waals surface area (Å²) in [7, 11) is 0. The number of nitrogens with one attached hydrogen (secondary N) is 2. The number of rotatable bonds is 6. The van der Waals surface area contributed by atoms with E-state index in [2.05, 4.69) is 20.5 Å². The highest BCUT2D eigenvalue weighted by atomic mass is 16.2. The minimum atomic E-state index is -0.130. The maximum absolute atomic E-state index is 12.4. The van der Waals surface area contributed by atoms with Crippen LogP contribution in [0.4, 0.5) is 11.5 Å². The maximum atomic E-state index is 12.4. The fourth-order valence-corrected chi connectivity index (χ4v) is 3.27. The van der Waals surface area contributed by atoms with Crippen LogP contribution in [-0.2, 0) is 11.3 Å². The Kier molecular flexibility index (Phi) is 5.05. The van der Waals surface area contributed by atoms with Crippen LogP contribution >= 0.6 is 0 Å². The van der Waals surface area contributed by atoms with Crippen molar-refractivity contribution in [3.63, 3.8) is 0 Å². The second kappa shape index (κ2) is 7.78. The lowest BCUT2D eigenvalue weighted by Crippen LogP contribution is -2.23. The Hall–Kier alpha value is -2.89. The summed E-state index contributed by atoms with van der Waals surface area (Å²) in [5.74, 6) is 1.09. The third-order valence-corrected chi connectivity index (χ3v) is 5.06. The summed E-state index contributed by atoms with van der Waals surface area (Å²) in [5, 5.41) is 5.83. The lowest BCUT2D eigenvalue weighted by molar-refractivity contribution is -0.117. The van der Waals surface area contributed by atoms with Gasteiger partial charge in [0.05, 0.1) is 0 Å². The summed E-state index contributed by atoms with van der Waals surface area (Å²) >= 11 is 0. The number of benzene rings is 1. The van der Waals surface area contributed by atoms with Crippen LogP contribution in [0.25, 0.3) is 0 Å². The normalized spacial score (nSPS) is 16.2. The molecule has 6 nitrogen and oxygen atoms in total. The van der Waals surface area contributed by atoms with E-state index in [0.29, 0.717) is 12.1 Å². The van der Waals surface area contributed by atoms with E-state index in [-0.39, 0.29) is 17.7 Å². The van der Waals surface area contributed by atoms with Crippen molar-refractivity contribution in [1.82, 2.24) is 10.3 Å². The molecular weight excluding hydrogens is 340 g/mol. The highest BCUT2D eigenvalue weighted by Crippen LogP contribution is 2.30. The number of hydrogen-bond acceptors (Lipinski definition) is 4. The number of aromatic nitrogens is 1. The first-order chi connectivity index (χ1) is 13.2. The Labute approximate surface area is 159 Å². The van der Waals surface area contributed by atoms with E-state index in [0.717, 1.165) is 43.0 Å². The molecule has 2 amide bonds. The predicted molar refractivity (Wildman–Crippen MR) is 105 cm³/mol. The van der Waals surface area contributed by atoms with Gasteiger partial charge in [-0.25, -0.2) is 4.98 Å². The average Bonchev–Trinajstić information content (AvgIpc) is 3.41. The van der Waals surface area contributed by atoms with Crippen LogP contribution in [0.2, 0.25) is 0 Å². The van der Waals surface area contributed by atoms with Gasteiger partial charge in [0.25, 0.3) is 5.91 Å². The highest BCUT2D eigenvalue weighted by Gasteiger charge is 2.29. The predicted octanol–water partition coefficient (Wildman–Crippen LogP) is 2.96. The number of nitrogens with zero attached hydrogens (tertiary/aromatic N) is 2. The summed E-state index contributed by atoms with van der Waals surface area (Å²) in [4.78, 5) is 30.9. The third kappa shape index (κ3) is 4.45. The Morgan fingerprint density at radius 2 is 1.81 bits per heavy atom. The number of amides is 2. The van der Waals surface area contributed by atoms with E-state index in [1.807, 2.05) is 12.1 Å². The molecule has 140 valence electrons.